The van der Waals surface area contributed by atoms with Gasteiger partial charge in [-0.1, -0.05) is 105 Å². The summed E-state index contributed by atoms with van der Waals surface area (Å²) in [4.78, 5) is 13.0. The fraction of sp³-hybridized carbons (Fsp3) is 0.240. The molecule has 0 N–H and O–H groups in total. The first-order valence-corrected chi connectivity index (χ1v) is 9.31. The van der Waals surface area contributed by atoms with Crippen molar-refractivity contribution in [1.82, 2.24) is 0 Å². The Hall–Kier alpha value is -2.67. The Morgan fingerprint density at radius 1 is 0.692 bits per heavy atom. The van der Waals surface area contributed by atoms with Crippen LogP contribution in [0.5, 0.6) is 0 Å². The van der Waals surface area contributed by atoms with E-state index in [2.05, 4.69) is 86.6 Å². The Bertz CT molecular complexity index is 723. The number of carbonyl (C=O) groups is 1. The molecule has 0 spiro atoms. The van der Waals surface area contributed by atoms with Gasteiger partial charge in [-0.25, -0.2) is 0 Å². The summed E-state index contributed by atoms with van der Waals surface area (Å²) in [7, 11) is 0. The van der Waals surface area contributed by atoms with Crippen LogP contribution in [-0.2, 0) is 10.2 Å². The van der Waals surface area contributed by atoms with Crippen molar-refractivity contribution in [1.29, 1.82) is 0 Å². The lowest BCUT2D eigenvalue weighted by atomic mass is 9.66. The number of hydrogen-bond donors (Lipinski definition) is 0. The van der Waals surface area contributed by atoms with Gasteiger partial charge in [-0.05, 0) is 22.6 Å². The maximum atomic E-state index is 13.0. The summed E-state index contributed by atoms with van der Waals surface area (Å²) in [5.41, 5.74) is 3.02. The lowest BCUT2D eigenvalue weighted by Gasteiger charge is -2.36. The van der Waals surface area contributed by atoms with Crippen LogP contribution in [0.15, 0.2) is 91.0 Å². The zero-order valence-corrected chi connectivity index (χ0v) is 15.6. The van der Waals surface area contributed by atoms with E-state index < -0.39 is 5.41 Å². The molecule has 0 heterocycles. The molecule has 0 aromatic heterocycles. The van der Waals surface area contributed by atoms with E-state index in [4.69, 9.17) is 0 Å². The summed E-state index contributed by atoms with van der Waals surface area (Å²) in [6.45, 7) is 4.21. The van der Waals surface area contributed by atoms with Crippen LogP contribution < -0.4 is 0 Å². The van der Waals surface area contributed by atoms with E-state index in [1.54, 1.807) is 0 Å². The van der Waals surface area contributed by atoms with Crippen LogP contribution in [0.1, 0.15) is 43.4 Å². The maximum Gasteiger partial charge on any atom is 0.134 e. The molecule has 0 saturated carbocycles. The third-order valence-corrected chi connectivity index (χ3v) is 4.90. The molecule has 0 unspecified atom stereocenters. The quantitative estimate of drug-likeness (QED) is 0.479. The first kappa shape index (κ1) is 18.1. The summed E-state index contributed by atoms with van der Waals surface area (Å²) in [5.74, 6) is 0.666. The van der Waals surface area contributed by atoms with E-state index in [0.29, 0.717) is 24.5 Å². The Kier molecular flexibility index (Phi) is 5.68. The molecule has 1 nitrogen and oxygen atoms in total. The summed E-state index contributed by atoms with van der Waals surface area (Å²) < 4.78 is 0. The van der Waals surface area contributed by atoms with E-state index in [1.807, 2.05) is 18.2 Å². The van der Waals surface area contributed by atoms with Crippen LogP contribution in [0.2, 0.25) is 0 Å². The molecule has 1 heteroatoms. The highest BCUT2D eigenvalue weighted by molar-refractivity contribution is 5.82. The summed E-state index contributed by atoms with van der Waals surface area (Å²) in [6, 6.07) is 31.3. The highest BCUT2D eigenvalue weighted by atomic mass is 16.1. The highest BCUT2D eigenvalue weighted by Gasteiger charge is 2.38. The topological polar surface area (TPSA) is 17.1 Å². The summed E-state index contributed by atoms with van der Waals surface area (Å²) in [6.07, 6.45) is 1.08. The Morgan fingerprint density at radius 2 is 1.04 bits per heavy atom. The fourth-order valence-electron chi connectivity index (χ4n) is 3.80. The van der Waals surface area contributed by atoms with Gasteiger partial charge in [-0.2, -0.15) is 0 Å². The van der Waals surface area contributed by atoms with Gasteiger partial charge in [0, 0.05) is 12.8 Å². The van der Waals surface area contributed by atoms with Gasteiger partial charge < -0.3 is 0 Å². The van der Waals surface area contributed by atoms with E-state index in [-0.39, 0.29) is 0 Å². The van der Waals surface area contributed by atoms with Crippen LogP contribution in [0.25, 0.3) is 0 Å². The lowest BCUT2D eigenvalue weighted by molar-refractivity contribution is -0.120. The third kappa shape index (κ3) is 3.77. The van der Waals surface area contributed by atoms with Crippen LogP contribution in [0, 0.1) is 5.92 Å². The lowest BCUT2D eigenvalue weighted by Crippen LogP contribution is -2.32. The van der Waals surface area contributed by atoms with Crippen molar-refractivity contribution in [2.45, 2.75) is 32.1 Å². The molecule has 132 valence electrons. The molecule has 0 aliphatic carbocycles. The molecule has 3 rings (SSSR count). The van der Waals surface area contributed by atoms with E-state index in [1.165, 1.54) is 0 Å². The van der Waals surface area contributed by atoms with Gasteiger partial charge in [0.1, 0.15) is 5.78 Å². The minimum Gasteiger partial charge on any atom is -0.300 e. The minimum atomic E-state index is -0.463. The number of ketones is 1. The van der Waals surface area contributed by atoms with Crippen LogP contribution in [0.4, 0.5) is 0 Å². The van der Waals surface area contributed by atoms with Crippen LogP contribution in [0.3, 0.4) is 0 Å². The molecular weight excluding hydrogens is 316 g/mol. The Labute approximate surface area is 156 Å². The zero-order chi connectivity index (χ0) is 18.4. The van der Waals surface area contributed by atoms with Gasteiger partial charge in [0.25, 0.3) is 0 Å². The molecule has 0 aliphatic rings. The molecule has 0 fully saturated rings. The van der Waals surface area contributed by atoms with Gasteiger partial charge in [0.15, 0.2) is 0 Å². The van der Waals surface area contributed by atoms with Crippen molar-refractivity contribution in [2.24, 2.45) is 5.92 Å². The predicted octanol–water partition coefficient (Wildman–Crippen LogP) is 6.03. The second-order valence-corrected chi connectivity index (χ2v) is 7.32. The smallest absolute Gasteiger partial charge is 0.134 e. The standard InChI is InChI=1S/C25H26O/c1-20(2)18-24(26)19-25(21-12-6-3-7-13-21,22-14-8-4-9-15-22)23-16-10-5-11-17-23/h3-17,20H,18-19H2,1-2H3. The number of rotatable bonds is 7. The average Bonchev–Trinajstić information content (AvgIpc) is 2.67. The Morgan fingerprint density at radius 3 is 1.35 bits per heavy atom. The molecule has 0 saturated heterocycles. The normalized spacial score (nSPS) is 11.5. The SMILES string of the molecule is CC(C)CC(=O)CC(c1ccccc1)(c1ccccc1)c1ccccc1. The minimum absolute atomic E-state index is 0.302. The largest absolute Gasteiger partial charge is 0.300 e. The molecule has 3 aromatic rings. The molecular formula is C25H26O. The van der Waals surface area contributed by atoms with E-state index in [0.717, 1.165) is 16.7 Å². The average molecular weight is 342 g/mol. The summed E-state index contributed by atoms with van der Waals surface area (Å²) >= 11 is 0. The second kappa shape index (κ2) is 8.14. The van der Waals surface area contributed by atoms with Gasteiger partial charge >= 0.3 is 0 Å². The van der Waals surface area contributed by atoms with Gasteiger partial charge in [-0.15, -0.1) is 0 Å². The summed E-state index contributed by atoms with van der Waals surface area (Å²) in [5, 5.41) is 0. The molecule has 0 atom stereocenters. The number of benzene rings is 3. The second-order valence-electron chi connectivity index (χ2n) is 7.32. The van der Waals surface area contributed by atoms with Gasteiger partial charge in [0.05, 0.1) is 5.41 Å². The molecule has 0 aliphatic heterocycles. The first-order chi connectivity index (χ1) is 12.6. The third-order valence-electron chi connectivity index (χ3n) is 4.90. The molecule has 26 heavy (non-hydrogen) atoms. The molecule has 0 bridgehead atoms. The van der Waals surface area contributed by atoms with E-state index >= 15 is 0 Å². The number of hydrogen-bond acceptors (Lipinski definition) is 1. The van der Waals surface area contributed by atoms with Crippen molar-refractivity contribution in [3.63, 3.8) is 0 Å². The zero-order valence-electron chi connectivity index (χ0n) is 15.6. The monoisotopic (exact) mass is 342 g/mol. The Balaban J connectivity index is 2.23. The van der Waals surface area contributed by atoms with Crippen LogP contribution >= 0.6 is 0 Å². The maximum absolute atomic E-state index is 13.0. The predicted molar refractivity (Wildman–Crippen MR) is 108 cm³/mol. The van der Waals surface area contributed by atoms with Crippen molar-refractivity contribution in [3.05, 3.63) is 108 Å². The van der Waals surface area contributed by atoms with Crippen LogP contribution in [-0.4, -0.2) is 5.78 Å². The first-order valence-electron chi connectivity index (χ1n) is 9.31. The van der Waals surface area contributed by atoms with Crippen molar-refractivity contribution in [2.75, 3.05) is 0 Å². The fourth-order valence-corrected chi connectivity index (χ4v) is 3.80. The van der Waals surface area contributed by atoms with Crippen molar-refractivity contribution >= 4 is 5.78 Å². The van der Waals surface area contributed by atoms with Gasteiger partial charge in [0.2, 0.25) is 0 Å². The number of carbonyl (C=O) groups excluding carboxylic acids is 1. The van der Waals surface area contributed by atoms with Crippen molar-refractivity contribution < 1.29 is 4.79 Å². The molecule has 0 radical (unpaired) electrons. The van der Waals surface area contributed by atoms with Crippen molar-refractivity contribution in [3.8, 4) is 0 Å². The number of Topliss-reactive ketones (excluding diaryl/α,β-unsaturated/α-hetero) is 1. The van der Waals surface area contributed by atoms with Gasteiger partial charge in [-0.3, -0.25) is 4.79 Å². The van der Waals surface area contributed by atoms with E-state index in [9.17, 15) is 4.79 Å². The molecule has 0 amide bonds. The molecule has 3 aromatic carbocycles. The highest BCUT2D eigenvalue weighted by Crippen LogP contribution is 2.42.